The molecular weight excluding hydrogens is 381 g/mol. The molecule has 0 saturated carbocycles. The van der Waals surface area contributed by atoms with Crippen LogP contribution in [0.1, 0.15) is 16.5 Å². The third kappa shape index (κ3) is 3.41. The molecule has 1 atom stereocenters. The smallest absolute Gasteiger partial charge is 0.123 e. The van der Waals surface area contributed by atoms with Gasteiger partial charge in [-0.1, -0.05) is 12.1 Å². The van der Waals surface area contributed by atoms with Crippen molar-refractivity contribution >= 4 is 43.2 Å². The highest BCUT2D eigenvalue weighted by atomic mass is 79.9. The van der Waals surface area contributed by atoms with Crippen molar-refractivity contribution in [3.05, 3.63) is 54.8 Å². The second-order valence-electron chi connectivity index (χ2n) is 3.94. The molecule has 1 heterocycles. The summed E-state index contributed by atoms with van der Waals surface area (Å²) in [5.74, 6) is -0.193. The molecule has 1 aromatic heterocycles. The monoisotopic (exact) mass is 391 g/mol. The summed E-state index contributed by atoms with van der Waals surface area (Å²) in [5.41, 5.74) is 1.12. The number of thiophene rings is 1. The molecule has 0 aliphatic carbocycles. The van der Waals surface area contributed by atoms with Crippen LogP contribution in [0.2, 0.25) is 0 Å². The predicted octanol–water partition coefficient (Wildman–Crippen LogP) is 4.92. The Labute approximate surface area is 127 Å². The van der Waals surface area contributed by atoms with Crippen LogP contribution >= 0.6 is 43.2 Å². The standard InChI is InChI=1S/C13H12Br2FNS/c1-17-11(12-7-10(14)13(15)18-12)6-8-2-4-9(16)5-3-8/h2-5,7,11,17H,6H2,1H3. The van der Waals surface area contributed by atoms with Crippen LogP contribution in [0.3, 0.4) is 0 Å². The van der Waals surface area contributed by atoms with E-state index in [1.807, 2.05) is 19.2 Å². The molecule has 2 aromatic rings. The fraction of sp³-hybridized carbons (Fsp3) is 0.231. The van der Waals surface area contributed by atoms with Crippen LogP contribution in [0.4, 0.5) is 4.39 Å². The predicted molar refractivity (Wildman–Crippen MR) is 81.6 cm³/mol. The molecule has 2 rings (SSSR count). The Kier molecular flexibility index (Phi) is 4.95. The number of rotatable bonds is 4. The van der Waals surface area contributed by atoms with Crippen molar-refractivity contribution < 1.29 is 4.39 Å². The Bertz CT molecular complexity index is 505. The lowest BCUT2D eigenvalue weighted by Crippen LogP contribution is -2.17. The van der Waals surface area contributed by atoms with Gasteiger partial charge in [-0.2, -0.15) is 0 Å². The van der Waals surface area contributed by atoms with Crippen molar-refractivity contribution in [1.82, 2.24) is 5.32 Å². The van der Waals surface area contributed by atoms with E-state index in [9.17, 15) is 4.39 Å². The summed E-state index contributed by atoms with van der Waals surface area (Å²) in [6, 6.07) is 9.02. The maximum Gasteiger partial charge on any atom is 0.123 e. The van der Waals surface area contributed by atoms with Gasteiger partial charge in [0, 0.05) is 15.4 Å². The van der Waals surface area contributed by atoms with Gasteiger partial charge in [-0.15, -0.1) is 11.3 Å². The Morgan fingerprint density at radius 2 is 1.94 bits per heavy atom. The van der Waals surface area contributed by atoms with Crippen molar-refractivity contribution in [3.63, 3.8) is 0 Å². The van der Waals surface area contributed by atoms with Crippen LogP contribution in [0.5, 0.6) is 0 Å². The van der Waals surface area contributed by atoms with Gasteiger partial charge in [-0.05, 0) is 69.1 Å². The van der Waals surface area contributed by atoms with E-state index in [1.54, 1.807) is 11.3 Å². The Hall–Kier alpha value is -0.230. The van der Waals surface area contributed by atoms with E-state index in [0.29, 0.717) is 0 Å². The fourth-order valence-electron chi connectivity index (χ4n) is 1.74. The average molecular weight is 393 g/mol. The Morgan fingerprint density at radius 3 is 2.44 bits per heavy atom. The lowest BCUT2D eigenvalue weighted by atomic mass is 10.0. The summed E-state index contributed by atoms with van der Waals surface area (Å²) in [6.07, 6.45) is 0.843. The van der Waals surface area contributed by atoms with Crippen molar-refractivity contribution in [2.75, 3.05) is 7.05 Å². The van der Waals surface area contributed by atoms with Crippen LogP contribution < -0.4 is 5.32 Å². The number of halogens is 3. The van der Waals surface area contributed by atoms with Gasteiger partial charge < -0.3 is 5.32 Å². The Balaban J connectivity index is 2.16. The third-order valence-corrected chi connectivity index (χ3v) is 6.08. The quantitative estimate of drug-likeness (QED) is 0.778. The molecular formula is C13H12Br2FNS. The van der Waals surface area contributed by atoms with Crippen molar-refractivity contribution in [2.24, 2.45) is 0 Å². The molecule has 0 fully saturated rings. The lowest BCUT2D eigenvalue weighted by molar-refractivity contribution is 0.597. The Morgan fingerprint density at radius 1 is 1.28 bits per heavy atom. The maximum atomic E-state index is 12.9. The number of benzene rings is 1. The van der Waals surface area contributed by atoms with E-state index in [-0.39, 0.29) is 11.9 Å². The molecule has 0 aliphatic rings. The number of hydrogen-bond acceptors (Lipinski definition) is 2. The summed E-state index contributed by atoms with van der Waals surface area (Å²) in [7, 11) is 1.94. The van der Waals surface area contributed by atoms with Gasteiger partial charge in [0.05, 0.1) is 3.79 Å². The normalized spacial score (nSPS) is 12.7. The van der Waals surface area contributed by atoms with Crippen molar-refractivity contribution in [3.8, 4) is 0 Å². The van der Waals surface area contributed by atoms with Crippen LogP contribution in [0.15, 0.2) is 38.6 Å². The minimum Gasteiger partial charge on any atom is -0.312 e. The van der Waals surface area contributed by atoms with Gasteiger partial charge in [0.1, 0.15) is 5.82 Å². The molecule has 1 nitrogen and oxygen atoms in total. The number of hydrogen-bond donors (Lipinski definition) is 1. The summed E-state index contributed by atoms with van der Waals surface area (Å²) < 4.78 is 15.0. The molecule has 0 saturated heterocycles. The highest BCUT2D eigenvalue weighted by Gasteiger charge is 2.14. The van der Waals surface area contributed by atoms with Gasteiger partial charge in [0.2, 0.25) is 0 Å². The molecule has 96 valence electrons. The molecule has 5 heteroatoms. The van der Waals surface area contributed by atoms with Crippen LogP contribution in [-0.4, -0.2) is 7.05 Å². The molecule has 0 bridgehead atoms. The van der Waals surface area contributed by atoms with Gasteiger partial charge in [-0.25, -0.2) is 4.39 Å². The van der Waals surface area contributed by atoms with Gasteiger partial charge in [-0.3, -0.25) is 0 Å². The molecule has 0 radical (unpaired) electrons. The molecule has 0 amide bonds. The van der Waals surface area contributed by atoms with E-state index in [4.69, 9.17) is 0 Å². The fourth-order valence-corrected chi connectivity index (χ4v) is 3.94. The molecule has 0 spiro atoms. The average Bonchev–Trinajstić information content (AvgIpc) is 2.69. The summed E-state index contributed by atoms with van der Waals surface area (Å²) in [6.45, 7) is 0. The van der Waals surface area contributed by atoms with Gasteiger partial charge >= 0.3 is 0 Å². The second-order valence-corrected chi connectivity index (χ2v) is 7.20. The van der Waals surface area contributed by atoms with E-state index in [1.165, 1.54) is 17.0 Å². The first-order chi connectivity index (χ1) is 8.60. The summed E-state index contributed by atoms with van der Waals surface area (Å²) in [4.78, 5) is 1.25. The second kappa shape index (κ2) is 6.28. The van der Waals surface area contributed by atoms with Crippen LogP contribution in [0.25, 0.3) is 0 Å². The summed E-state index contributed by atoms with van der Waals surface area (Å²) >= 11 is 8.70. The SMILES string of the molecule is CNC(Cc1ccc(F)cc1)c1cc(Br)c(Br)s1. The van der Waals surface area contributed by atoms with E-state index in [0.717, 1.165) is 20.2 Å². The van der Waals surface area contributed by atoms with E-state index < -0.39 is 0 Å². The highest BCUT2D eigenvalue weighted by Crippen LogP contribution is 2.36. The molecule has 1 aromatic carbocycles. The first kappa shape index (κ1) is 14.2. The maximum absolute atomic E-state index is 12.9. The molecule has 1 unspecified atom stereocenters. The van der Waals surface area contributed by atoms with E-state index in [2.05, 4.69) is 43.2 Å². The molecule has 0 aliphatic heterocycles. The first-order valence-electron chi connectivity index (χ1n) is 5.46. The van der Waals surface area contributed by atoms with Gasteiger partial charge in [0.15, 0.2) is 0 Å². The third-order valence-electron chi connectivity index (χ3n) is 2.71. The zero-order valence-corrected chi connectivity index (χ0v) is 13.7. The lowest BCUT2D eigenvalue weighted by Gasteiger charge is -2.14. The highest BCUT2D eigenvalue weighted by molar-refractivity contribution is 9.13. The minimum absolute atomic E-state index is 0.193. The first-order valence-corrected chi connectivity index (χ1v) is 7.87. The van der Waals surface area contributed by atoms with E-state index >= 15 is 0 Å². The zero-order valence-electron chi connectivity index (χ0n) is 9.71. The topological polar surface area (TPSA) is 12.0 Å². The number of likely N-dealkylation sites (N-methyl/N-ethyl adjacent to an activating group) is 1. The molecule has 1 N–H and O–H groups in total. The largest absolute Gasteiger partial charge is 0.312 e. The van der Waals surface area contributed by atoms with Crippen molar-refractivity contribution in [1.29, 1.82) is 0 Å². The van der Waals surface area contributed by atoms with Gasteiger partial charge in [0.25, 0.3) is 0 Å². The molecule has 18 heavy (non-hydrogen) atoms. The van der Waals surface area contributed by atoms with Crippen LogP contribution in [-0.2, 0) is 6.42 Å². The van der Waals surface area contributed by atoms with Crippen LogP contribution in [0, 0.1) is 5.82 Å². The number of nitrogens with one attached hydrogen (secondary N) is 1. The van der Waals surface area contributed by atoms with Crippen molar-refractivity contribution in [2.45, 2.75) is 12.5 Å². The summed E-state index contributed by atoms with van der Waals surface area (Å²) in [5, 5.41) is 3.30. The zero-order chi connectivity index (χ0) is 13.1. The minimum atomic E-state index is -0.193.